The lowest BCUT2D eigenvalue weighted by atomic mass is 10.1. The van der Waals surface area contributed by atoms with Gasteiger partial charge in [0.25, 0.3) is 0 Å². The molecule has 0 radical (unpaired) electrons. The van der Waals surface area contributed by atoms with E-state index in [2.05, 4.69) is 5.32 Å². The van der Waals surface area contributed by atoms with Gasteiger partial charge in [-0.1, -0.05) is 13.8 Å². The number of hydrogen-bond acceptors (Lipinski definition) is 5. The minimum atomic E-state index is -0.851. The minimum absolute atomic E-state index is 0.0167. The first kappa shape index (κ1) is 16.5. The number of carbonyl (C=O) groups excluding carboxylic acids is 1. The molecule has 0 spiro atoms. The molecular weight excluding hydrogens is 296 g/mol. The molecule has 1 heterocycles. The lowest BCUT2D eigenvalue weighted by Gasteiger charge is -2.15. The van der Waals surface area contributed by atoms with E-state index in [1.807, 2.05) is 19.9 Å². The van der Waals surface area contributed by atoms with Crippen molar-refractivity contribution in [2.45, 2.75) is 25.5 Å². The van der Waals surface area contributed by atoms with E-state index in [0.717, 1.165) is 0 Å². The molecule has 1 aromatic heterocycles. The van der Waals surface area contributed by atoms with E-state index < -0.39 is 11.2 Å². The van der Waals surface area contributed by atoms with Crippen LogP contribution in [0.1, 0.15) is 25.8 Å². The number of amides is 1. The van der Waals surface area contributed by atoms with Gasteiger partial charge in [0.2, 0.25) is 5.91 Å². The average Bonchev–Trinajstić information content (AvgIpc) is 2.80. The van der Waals surface area contributed by atoms with Crippen molar-refractivity contribution in [3.05, 3.63) is 17.0 Å². The molecule has 0 aliphatic rings. The number of thioether (sulfide) groups is 1. The minimum Gasteiger partial charge on any atom is -0.480 e. The number of anilines is 1. The number of rotatable bonds is 7. The second kappa shape index (κ2) is 7.92. The zero-order valence-corrected chi connectivity index (χ0v) is 12.9. The summed E-state index contributed by atoms with van der Waals surface area (Å²) in [5.41, 5.74) is 0.446. The van der Waals surface area contributed by atoms with E-state index in [9.17, 15) is 9.59 Å². The summed E-state index contributed by atoms with van der Waals surface area (Å²) in [6, 6.07) is 3.64. The summed E-state index contributed by atoms with van der Waals surface area (Å²) < 4.78 is 0. The summed E-state index contributed by atoms with van der Waals surface area (Å²) >= 11 is 2.56. The number of carboxylic acids is 1. The Bertz CT molecular complexity index is 520. The Morgan fingerprint density at radius 2 is 2.25 bits per heavy atom. The summed E-state index contributed by atoms with van der Waals surface area (Å²) in [4.78, 5) is 22.7. The maximum atomic E-state index is 11.7. The topological polar surface area (TPSA) is 90.2 Å². The molecule has 0 saturated heterocycles. The molecule has 0 aliphatic heterocycles. The molecule has 0 fully saturated rings. The fourth-order valence-corrected chi connectivity index (χ4v) is 3.35. The highest BCUT2D eigenvalue weighted by molar-refractivity contribution is 8.00. The van der Waals surface area contributed by atoms with Gasteiger partial charge < -0.3 is 10.4 Å². The standard InChI is InChI=1S/C13H16N2O3S2/c1-8(2)11(13(17)18)19-6-4-10(16)15-12-9(7-14)3-5-20-12/h3,5,8,11H,4,6H2,1-2H3,(H,15,16)(H,17,18). The van der Waals surface area contributed by atoms with Crippen LogP contribution in [0.4, 0.5) is 5.00 Å². The van der Waals surface area contributed by atoms with Gasteiger partial charge in [0.15, 0.2) is 0 Å². The number of nitrogens with zero attached hydrogens (tertiary/aromatic N) is 1. The molecule has 20 heavy (non-hydrogen) atoms. The van der Waals surface area contributed by atoms with E-state index in [0.29, 0.717) is 16.3 Å². The van der Waals surface area contributed by atoms with Gasteiger partial charge in [-0.3, -0.25) is 9.59 Å². The normalized spacial score (nSPS) is 11.9. The van der Waals surface area contributed by atoms with Crippen molar-refractivity contribution >= 4 is 40.0 Å². The van der Waals surface area contributed by atoms with Crippen molar-refractivity contribution in [1.82, 2.24) is 0 Å². The summed E-state index contributed by atoms with van der Waals surface area (Å²) in [7, 11) is 0. The third kappa shape index (κ3) is 4.87. The zero-order valence-electron chi connectivity index (χ0n) is 11.3. The number of hydrogen-bond donors (Lipinski definition) is 2. The van der Waals surface area contributed by atoms with Crippen LogP contribution >= 0.6 is 23.1 Å². The number of carbonyl (C=O) groups is 2. The fourth-order valence-electron chi connectivity index (χ4n) is 1.51. The largest absolute Gasteiger partial charge is 0.480 e. The van der Waals surface area contributed by atoms with Crippen LogP contribution in [0.2, 0.25) is 0 Å². The van der Waals surface area contributed by atoms with Crippen LogP contribution in [0.25, 0.3) is 0 Å². The Labute approximate surface area is 126 Å². The van der Waals surface area contributed by atoms with Crippen molar-refractivity contribution in [3.63, 3.8) is 0 Å². The highest BCUT2D eigenvalue weighted by Crippen LogP contribution is 2.23. The van der Waals surface area contributed by atoms with Crippen LogP contribution in [-0.2, 0) is 9.59 Å². The van der Waals surface area contributed by atoms with Gasteiger partial charge >= 0.3 is 5.97 Å². The summed E-state index contributed by atoms with van der Waals surface area (Å²) in [6.07, 6.45) is 0.226. The number of thiophene rings is 1. The maximum absolute atomic E-state index is 11.7. The van der Waals surface area contributed by atoms with E-state index in [1.54, 1.807) is 11.4 Å². The third-order valence-electron chi connectivity index (χ3n) is 2.51. The van der Waals surface area contributed by atoms with Crippen LogP contribution in [0, 0.1) is 17.2 Å². The van der Waals surface area contributed by atoms with Crippen LogP contribution in [0.15, 0.2) is 11.4 Å². The quantitative estimate of drug-likeness (QED) is 0.808. The maximum Gasteiger partial charge on any atom is 0.316 e. The monoisotopic (exact) mass is 312 g/mol. The third-order valence-corrected chi connectivity index (χ3v) is 4.89. The Balaban J connectivity index is 2.41. The second-order valence-electron chi connectivity index (χ2n) is 4.45. The molecule has 1 aromatic rings. The van der Waals surface area contributed by atoms with Crippen molar-refractivity contribution < 1.29 is 14.7 Å². The summed E-state index contributed by atoms with van der Waals surface area (Å²) in [6.45, 7) is 3.69. The fraction of sp³-hybridized carbons (Fsp3) is 0.462. The lowest BCUT2D eigenvalue weighted by Crippen LogP contribution is -2.23. The first-order chi connectivity index (χ1) is 9.45. The molecule has 0 aliphatic carbocycles. The smallest absolute Gasteiger partial charge is 0.316 e. The van der Waals surface area contributed by atoms with Gasteiger partial charge in [-0.2, -0.15) is 5.26 Å². The number of carboxylic acid groups (broad SMARTS) is 1. The Morgan fingerprint density at radius 3 is 2.80 bits per heavy atom. The first-order valence-electron chi connectivity index (χ1n) is 6.07. The first-order valence-corrected chi connectivity index (χ1v) is 8.00. The average molecular weight is 312 g/mol. The molecule has 0 bridgehead atoms. The predicted molar refractivity (Wildman–Crippen MR) is 81.0 cm³/mol. The molecule has 1 amide bonds. The molecule has 1 atom stereocenters. The molecule has 108 valence electrons. The van der Waals surface area contributed by atoms with E-state index >= 15 is 0 Å². The molecule has 0 aromatic carbocycles. The Morgan fingerprint density at radius 1 is 1.55 bits per heavy atom. The Kier molecular flexibility index (Phi) is 6.55. The molecule has 0 saturated carbocycles. The number of nitrogens with one attached hydrogen (secondary N) is 1. The van der Waals surface area contributed by atoms with E-state index in [-0.39, 0.29) is 18.2 Å². The molecule has 1 unspecified atom stereocenters. The van der Waals surface area contributed by atoms with E-state index in [1.165, 1.54) is 23.1 Å². The molecule has 5 nitrogen and oxygen atoms in total. The highest BCUT2D eigenvalue weighted by atomic mass is 32.2. The summed E-state index contributed by atoms with van der Waals surface area (Å²) in [5, 5.41) is 22.3. The van der Waals surface area contributed by atoms with Gasteiger partial charge in [-0.05, 0) is 17.4 Å². The lowest BCUT2D eigenvalue weighted by molar-refractivity contribution is -0.137. The van der Waals surface area contributed by atoms with Gasteiger partial charge in [-0.25, -0.2) is 0 Å². The summed E-state index contributed by atoms with van der Waals surface area (Å²) in [5.74, 6) is -0.600. The van der Waals surface area contributed by atoms with Crippen LogP contribution in [0.5, 0.6) is 0 Å². The molecule has 1 rings (SSSR count). The van der Waals surface area contributed by atoms with Crippen molar-refractivity contribution in [2.75, 3.05) is 11.1 Å². The van der Waals surface area contributed by atoms with E-state index in [4.69, 9.17) is 10.4 Å². The van der Waals surface area contributed by atoms with Gasteiger partial charge in [0, 0.05) is 12.2 Å². The molecule has 7 heteroatoms. The Hall–Kier alpha value is -1.52. The van der Waals surface area contributed by atoms with Crippen LogP contribution < -0.4 is 5.32 Å². The van der Waals surface area contributed by atoms with Gasteiger partial charge in [-0.15, -0.1) is 23.1 Å². The number of aliphatic carboxylic acids is 1. The van der Waals surface area contributed by atoms with Gasteiger partial charge in [0.1, 0.15) is 16.3 Å². The molecule has 2 N–H and O–H groups in total. The predicted octanol–water partition coefficient (Wildman–Crippen LogP) is 2.79. The SMILES string of the molecule is CC(C)C(SCCC(=O)Nc1sccc1C#N)C(=O)O. The number of nitriles is 1. The van der Waals surface area contributed by atoms with Crippen LogP contribution in [0.3, 0.4) is 0 Å². The van der Waals surface area contributed by atoms with Gasteiger partial charge in [0.05, 0.1) is 5.56 Å². The highest BCUT2D eigenvalue weighted by Gasteiger charge is 2.22. The zero-order chi connectivity index (χ0) is 15.1. The van der Waals surface area contributed by atoms with Crippen molar-refractivity contribution in [3.8, 4) is 6.07 Å². The van der Waals surface area contributed by atoms with Crippen molar-refractivity contribution in [1.29, 1.82) is 5.26 Å². The molecular formula is C13H16N2O3S2. The van der Waals surface area contributed by atoms with Crippen molar-refractivity contribution in [2.24, 2.45) is 5.92 Å². The second-order valence-corrected chi connectivity index (χ2v) is 6.61. The van der Waals surface area contributed by atoms with Crippen LogP contribution in [-0.4, -0.2) is 28.0 Å².